The Balaban J connectivity index is 2.65. The summed E-state index contributed by atoms with van der Waals surface area (Å²) in [6.45, 7) is 0. The minimum absolute atomic E-state index is 0.460. The Bertz CT molecular complexity index is 279. The molecule has 12 heavy (non-hydrogen) atoms. The lowest BCUT2D eigenvalue weighted by molar-refractivity contribution is -0.497. The number of anilines is 1. The Morgan fingerprint density at radius 3 is 2.50 bits per heavy atom. The molecule has 0 aliphatic rings. The molecule has 0 amide bonds. The van der Waals surface area contributed by atoms with Crippen molar-refractivity contribution in [1.82, 2.24) is 0 Å². The topological polar surface area (TPSA) is 50.5 Å². The standard InChI is InChI=1S/C7H8BrN3O/c1-11(12)10-9-7-4-2-6(8)3-5-7/h2-5,9H,1H3. The zero-order chi connectivity index (χ0) is 8.97. The third-order valence-electron chi connectivity index (χ3n) is 1.16. The molecule has 1 aromatic carbocycles. The lowest BCUT2D eigenvalue weighted by atomic mass is 10.3. The summed E-state index contributed by atoms with van der Waals surface area (Å²) in [4.78, 5) is 0.460. The zero-order valence-electron chi connectivity index (χ0n) is 6.49. The van der Waals surface area contributed by atoms with Gasteiger partial charge in [-0.25, -0.2) is 0 Å². The largest absolute Gasteiger partial charge is 0.696 e. The second-order valence-corrected chi connectivity index (χ2v) is 3.10. The monoisotopic (exact) mass is 229 g/mol. The summed E-state index contributed by atoms with van der Waals surface area (Å²) in [5.41, 5.74) is 3.37. The van der Waals surface area contributed by atoms with Gasteiger partial charge in [0.15, 0.2) is 0 Å². The summed E-state index contributed by atoms with van der Waals surface area (Å²) in [6.07, 6.45) is 0. The van der Waals surface area contributed by atoms with Crippen LogP contribution >= 0.6 is 15.9 Å². The van der Waals surface area contributed by atoms with Crippen LogP contribution in [0.5, 0.6) is 0 Å². The molecule has 1 N–H and O–H groups in total. The predicted molar refractivity (Wildman–Crippen MR) is 49.7 cm³/mol. The molecule has 0 aliphatic heterocycles. The Hall–Kier alpha value is -1.10. The van der Waals surface area contributed by atoms with E-state index in [4.69, 9.17) is 0 Å². The highest BCUT2D eigenvalue weighted by Gasteiger charge is 1.93. The van der Waals surface area contributed by atoms with Crippen molar-refractivity contribution in [2.75, 3.05) is 12.5 Å². The van der Waals surface area contributed by atoms with Gasteiger partial charge in [-0.3, -0.25) is 0 Å². The van der Waals surface area contributed by atoms with E-state index >= 15 is 0 Å². The molecular weight excluding hydrogens is 222 g/mol. The molecule has 0 aliphatic carbocycles. The number of hydroxylamine groups is 1. The van der Waals surface area contributed by atoms with Gasteiger partial charge in [-0.15, -0.1) is 5.43 Å². The van der Waals surface area contributed by atoms with Crippen LogP contribution in [-0.2, 0) is 0 Å². The second kappa shape index (κ2) is 4.06. The van der Waals surface area contributed by atoms with Crippen molar-refractivity contribution in [3.8, 4) is 0 Å². The number of nitrogens with one attached hydrogen (secondary N) is 1. The number of hydrogen-bond donors (Lipinski definition) is 1. The predicted octanol–water partition coefficient (Wildman–Crippen LogP) is 2.37. The Morgan fingerprint density at radius 2 is 2.00 bits per heavy atom. The quantitative estimate of drug-likeness (QED) is 0.481. The maximum Gasteiger partial charge on any atom is 0.146 e. The number of hydrogen-bond acceptors (Lipinski definition) is 2. The molecule has 0 saturated heterocycles. The number of rotatable bonds is 2. The highest BCUT2D eigenvalue weighted by atomic mass is 79.9. The molecule has 0 heterocycles. The highest BCUT2D eigenvalue weighted by molar-refractivity contribution is 9.10. The van der Waals surface area contributed by atoms with Crippen LogP contribution in [0.1, 0.15) is 0 Å². The molecule has 1 rings (SSSR count). The van der Waals surface area contributed by atoms with E-state index in [0.717, 1.165) is 10.2 Å². The molecule has 0 spiro atoms. The molecule has 4 nitrogen and oxygen atoms in total. The normalized spacial score (nSPS) is 11.3. The van der Waals surface area contributed by atoms with Gasteiger partial charge < -0.3 is 5.21 Å². The van der Waals surface area contributed by atoms with Crippen molar-refractivity contribution < 1.29 is 4.86 Å². The molecule has 0 atom stereocenters. The Labute approximate surface area is 78.6 Å². The summed E-state index contributed by atoms with van der Waals surface area (Å²) in [5.74, 6) is 0. The van der Waals surface area contributed by atoms with Crippen LogP contribution in [-0.4, -0.2) is 11.9 Å². The van der Waals surface area contributed by atoms with Gasteiger partial charge in [-0.2, -0.15) is 4.86 Å². The first kappa shape index (κ1) is 8.99. The van der Waals surface area contributed by atoms with Crippen molar-refractivity contribution in [2.24, 2.45) is 5.22 Å². The number of benzene rings is 1. The Morgan fingerprint density at radius 1 is 1.42 bits per heavy atom. The SMILES string of the molecule is C[N+]([O-])=NNc1ccc(Br)cc1. The highest BCUT2D eigenvalue weighted by Crippen LogP contribution is 2.13. The van der Waals surface area contributed by atoms with Crippen LogP contribution < -0.4 is 5.43 Å². The molecule has 0 radical (unpaired) electrons. The molecular formula is C7H8BrN3O. The molecule has 0 bridgehead atoms. The van der Waals surface area contributed by atoms with Crippen LogP contribution in [0.25, 0.3) is 0 Å². The fourth-order valence-electron chi connectivity index (χ4n) is 0.653. The van der Waals surface area contributed by atoms with E-state index in [0.29, 0.717) is 4.86 Å². The Kier molecular flexibility index (Phi) is 3.04. The summed E-state index contributed by atoms with van der Waals surface area (Å²) >= 11 is 3.29. The van der Waals surface area contributed by atoms with Gasteiger partial charge in [0.05, 0.1) is 5.22 Å². The number of halogens is 1. The van der Waals surface area contributed by atoms with E-state index < -0.39 is 0 Å². The van der Waals surface area contributed by atoms with Gasteiger partial charge in [-0.05, 0) is 24.3 Å². The molecule has 5 heteroatoms. The van der Waals surface area contributed by atoms with E-state index in [1.165, 1.54) is 7.05 Å². The van der Waals surface area contributed by atoms with Crippen LogP contribution in [0.2, 0.25) is 0 Å². The van der Waals surface area contributed by atoms with Gasteiger partial charge in [0.25, 0.3) is 0 Å². The van der Waals surface area contributed by atoms with Gasteiger partial charge >= 0.3 is 0 Å². The van der Waals surface area contributed by atoms with E-state index in [-0.39, 0.29) is 0 Å². The minimum atomic E-state index is 0.460. The van der Waals surface area contributed by atoms with Crippen LogP contribution in [0, 0.1) is 5.21 Å². The third kappa shape index (κ3) is 2.87. The first-order chi connectivity index (χ1) is 5.68. The van der Waals surface area contributed by atoms with Crippen molar-refractivity contribution in [1.29, 1.82) is 0 Å². The van der Waals surface area contributed by atoms with Crippen molar-refractivity contribution in [3.05, 3.63) is 33.9 Å². The average Bonchev–Trinajstić information content (AvgIpc) is 2.03. The second-order valence-electron chi connectivity index (χ2n) is 2.18. The molecule has 0 saturated carbocycles. The summed E-state index contributed by atoms with van der Waals surface area (Å²) in [6, 6.07) is 7.36. The first-order valence-corrected chi connectivity index (χ1v) is 4.11. The summed E-state index contributed by atoms with van der Waals surface area (Å²) < 4.78 is 0.989. The van der Waals surface area contributed by atoms with E-state index in [1.807, 2.05) is 24.3 Å². The lowest BCUT2D eigenvalue weighted by Gasteiger charge is -1.97. The van der Waals surface area contributed by atoms with Gasteiger partial charge in [0.2, 0.25) is 0 Å². The molecule has 0 fully saturated rings. The van der Waals surface area contributed by atoms with Gasteiger partial charge in [0.1, 0.15) is 12.7 Å². The third-order valence-corrected chi connectivity index (χ3v) is 1.69. The average molecular weight is 230 g/mol. The van der Waals surface area contributed by atoms with Crippen LogP contribution in [0.4, 0.5) is 5.69 Å². The zero-order valence-corrected chi connectivity index (χ0v) is 8.08. The molecule has 1 aromatic rings. The maximum atomic E-state index is 10.4. The minimum Gasteiger partial charge on any atom is -0.696 e. The van der Waals surface area contributed by atoms with E-state index in [9.17, 15) is 5.21 Å². The van der Waals surface area contributed by atoms with Crippen molar-refractivity contribution in [2.45, 2.75) is 0 Å². The molecule has 64 valence electrons. The fourth-order valence-corrected chi connectivity index (χ4v) is 0.917. The van der Waals surface area contributed by atoms with Crippen molar-refractivity contribution in [3.63, 3.8) is 0 Å². The summed E-state index contributed by atoms with van der Waals surface area (Å²) in [7, 11) is 1.31. The fraction of sp³-hybridized carbons (Fsp3) is 0.143. The lowest BCUT2D eigenvalue weighted by Crippen LogP contribution is -1.96. The van der Waals surface area contributed by atoms with Crippen LogP contribution in [0.3, 0.4) is 0 Å². The van der Waals surface area contributed by atoms with E-state index in [2.05, 4.69) is 26.6 Å². The molecule has 0 aromatic heterocycles. The number of nitrogens with zero attached hydrogens (tertiary/aromatic N) is 2. The summed E-state index contributed by atoms with van der Waals surface area (Å²) in [5, 5.41) is 13.8. The maximum absolute atomic E-state index is 10.4. The van der Waals surface area contributed by atoms with Gasteiger partial charge in [-0.1, -0.05) is 15.9 Å². The van der Waals surface area contributed by atoms with Crippen molar-refractivity contribution >= 4 is 21.6 Å². The van der Waals surface area contributed by atoms with E-state index in [1.54, 1.807) is 0 Å². The van der Waals surface area contributed by atoms with Crippen LogP contribution in [0.15, 0.2) is 34.0 Å². The smallest absolute Gasteiger partial charge is 0.146 e. The van der Waals surface area contributed by atoms with Gasteiger partial charge in [0, 0.05) is 4.47 Å². The first-order valence-electron chi connectivity index (χ1n) is 3.31. The molecule has 0 unspecified atom stereocenters.